The number of rotatable bonds is 7. The molecule has 0 unspecified atom stereocenters. The predicted molar refractivity (Wildman–Crippen MR) is 93.8 cm³/mol. The van der Waals surface area contributed by atoms with Crippen molar-refractivity contribution in [2.24, 2.45) is 5.73 Å². The fourth-order valence-corrected chi connectivity index (χ4v) is 2.35. The molecule has 1 aromatic rings. The number of nitrogens with one attached hydrogen (secondary N) is 3. The van der Waals surface area contributed by atoms with E-state index in [4.69, 9.17) is 10.5 Å². The van der Waals surface area contributed by atoms with Gasteiger partial charge in [-0.15, -0.1) is 0 Å². The summed E-state index contributed by atoms with van der Waals surface area (Å²) >= 11 is 0. The van der Waals surface area contributed by atoms with Crippen LogP contribution in [0.4, 0.5) is 25.0 Å². The Morgan fingerprint density at radius 2 is 1.89 bits per heavy atom. The first-order chi connectivity index (χ1) is 13.3. The van der Waals surface area contributed by atoms with Crippen LogP contribution in [0.2, 0.25) is 0 Å². The number of halogens is 2. The van der Waals surface area contributed by atoms with Crippen LogP contribution in [0.25, 0.3) is 0 Å². The highest BCUT2D eigenvalue weighted by Gasteiger charge is 2.27. The number of nitrogens with zero attached hydrogens (tertiary/aromatic N) is 1. The third kappa shape index (κ3) is 5.87. The molecule has 10 nitrogen and oxygen atoms in total. The average Bonchev–Trinajstić information content (AvgIpc) is 2.65. The van der Waals surface area contributed by atoms with Crippen LogP contribution in [0.5, 0.6) is 0 Å². The minimum absolute atomic E-state index is 0.0158. The van der Waals surface area contributed by atoms with Gasteiger partial charge in [0.05, 0.1) is 13.2 Å². The molecule has 0 spiro atoms. The van der Waals surface area contributed by atoms with E-state index in [1.165, 1.54) is 17.0 Å². The topological polar surface area (TPSA) is 143 Å². The maximum absolute atomic E-state index is 12.2. The molecule has 1 saturated heterocycles. The number of hydrogen-bond acceptors (Lipinski definition) is 5. The van der Waals surface area contributed by atoms with Crippen LogP contribution in [-0.2, 0) is 19.1 Å². The van der Waals surface area contributed by atoms with Crippen molar-refractivity contribution in [3.8, 4) is 0 Å². The Balaban J connectivity index is 1.98. The Morgan fingerprint density at radius 1 is 1.21 bits per heavy atom. The summed E-state index contributed by atoms with van der Waals surface area (Å²) in [6.45, 7) is -0.158. The van der Waals surface area contributed by atoms with Crippen LogP contribution in [-0.4, -0.2) is 62.5 Å². The Morgan fingerprint density at radius 3 is 2.46 bits per heavy atom. The molecule has 1 heterocycles. The molecule has 5 N–H and O–H groups in total. The van der Waals surface area contributed by atoms with E-state index in [-0.39, 0.29) is 18.2 Å². The van der Waals surface area contributed by atoms with Gasteiger partial charge in [0.2, 0.25) is 5.91 Å². The average molecular weight is 399 g/mol. The molecule has 1 aromatic carbocycles. The molecule has 12 heteroatoms. The number of primary amides is 1. The number of carbonyl (C=O) groups excluding carboxylic acids is 4. The second kappa shape index (κ2) is 9.60. The first kappa shape index (κ1) is 21.0. The van der Waals surface area contributed by atoms with Crippen molar-refractivity contribution in [1.82, 2.24) is 10.6 Å². The van der Waals surface area contributed by atoms with E-state index in [1.54, 1.807) is 17.4 Å². The van der Waals surface area contributed by atoms with Crippen molar-refractivity contribution in [3.05, 3.63) is 24.3 Å². The van der Waals surface area contributed by atoms with E-state index < -0.39 is 36.9 Å². The summed E-state index contributed by atoms with van der Waals surface area (Å²) in [5.41, 5.74) is 5.96. The molecule has 5 amide bonds. The van der Waals surface area contributed by atoms with Crippen molar-refractivity contribution < 1.29 is 32.7 Å². The van der Waals surface area contributed by atoms with E-state index in [0.29, 0.717) is 18.8 Å². The van der Waals surface area contributed by atoms with Gasteiger partial charge in [-0.2, -0.15) is 0 Å². The van der Waals surface area contributed by atoms with E-state index in [0.717, 1.165) is 0 Å². The minimum atomic E-state index is -2.79. The number of nitrogens with two attached hydrogens (primary N) is 1. The highest BCUT2D eigenvalue weighted by Crippen LogP contribution is 2.19. The standard InChI is InChI=1S/C16H19F2N5O5/c17-11(18)7-20-16(27)22-13(14(19)25)15(26)21-9-1-3-10(4-2-9)23-5-6-28-8-12(23)24/h1-4,11,13H,5-8H2,(H2,19,25)(H,21,26)(H2,20,22,27)/t13-/m0/s1. The molecule has 1 atom stereocenters. The van der Waals surface area contributed by atoms with Crippen LogP contribution in [0.3, 0.4) is 0 Å². The summed E-state index contributed by atoms with van der Waals surface area (Å²) in [5, 5.41) is 6.10. The lowest BCUT2D eigenvalue weighted by Crippen LogP contribution is -2.54. The van der Waals surface area contributed by atoms with Gasteiger partial charge in [-0.05, 0) is 24.3 Å². The van der Waals surface area contributed by atoms with Crippen LogP contribution in [0.15, 0.2) is 24.3 Å². The molecule has 0 saturated carbocycles. The molecule has 1 aliphatic rings. The van der Waals surface area contributed by atoms with Crippen LogP contribution in [0.1, 0.15) is 0 Å². The second-order valence-corrected chi connectivity index (χ2v) is 5.71. The number of alkyl halides is 2. The molecule has 0 aromatic heterocycles. The van der Waals surface area contributed by atoms with Crippen molar-refractivity contribution >= 4 is 35.1 Å². The van der Waals surface area contributed by atoms with Crippen molar-refractivity contribution in [1.29, 1.82) is 0 Å². The monoisotopic (exact) mass is 399 g/mol. The summed E-state index contributed by atoms with van der Waals surface area (Å²) < 4.78 is 29.2. The van der Waals surface area contributed by atoms with Crippen LogP contribution < -0.4 is 26.6 Å². The maximum atomic E-state index is 12.2. The van der Waals surface area contributed by atoms with Gasteiger partial charge in [-0.25, -0.2) is 13.6 Å². The molecule has 1 fully saturated rings. The Kier molecular flexibility index (Phi) is 7.21. The van der Waals surface area contributed by atoms with E-state index in [2.05, 4.69) is 5.32 Å². The zero-order chi connectivity index (χ0) is 20.7. The second-order valence-electron chi connectivity index (χ2n) is 5.71. The van der Waals surface area contributed by atoms with Gasteiger partial charge in [-0.3, -0.25) is 14.4 Å². The molecule has 0 aliphatic carbocycles. The molecule has 0 bridgehead atoms. The highest BCUT2D eigenvalue weighted by atomic mass is 19.3. The van der Waals surface area contributed by atoms with Crippen molar-refractivity contribution in [2.75, 3.05) is 36.5 Å². The molecular weight excluding hydrogens is 380 g/mol. The zero-order valence-corrected chi connectivity index (χ0v) is 14.6. The van der Waals surface area contributed by atoms with Gasteiger partial charge in [0, 0.05) is 17.9 Å². The van der Waals surface area contributed by atoms with Gasteiger partial charge in [0.1, 0.15) is 6.61 Å². The SMILES string of the molecule is NC(=O)[C@H](NC(=O)NCC(F)F)C(=O)Nc1ccc(N2CCOCC2=O)cc1. The third-order valence-electron chi connectivity index (χ3n) is 3.67. The molecular formula is C16H19F2N5O5. The van der Waals surface area contributed by atoms with Gasteiger partial charge in [0.15, 0.2) is 6.04 Å². The smallest absolute Gasteiger partial charge is 0.316 e. The first-order valence-electron chi connectivity index (χ1n) is 8.19. The van der Waals surface area contributed by atoms with Crippen molar-refractivity contribution in [3.63, 3.8) is 0 Å². The molecule has 28 heavy (non-hydrogen) atoms. The van der Waals surface area contributed by atoms with Crippen LogP contribution in [0, 0.1) is 0 Å². The summed E-state index contributed by atoms with van der Waals surface area (Å²) in [6.07, 6.45) is -2.79. The minimum Gasteiger partial charge on any atom is -0.370 e. The zero-order valence-electron chi connectivity index (χ0n) is 14.6. The maximum Gasteiger partial charge on any atom is 0.316 e. The number of urea groups is 1. The lowest BCUT2D eigenvalue weighted by Gasteiger charge is -2.27. The van der Waals surface area contributed by atoms with Crippen molar-refractivity contribution in [2.45, 2.75) is 12.5 Å². The van der Waals surface area contributed by atoms with Gasteiger partial charge >= 0.3 is 6.03 Å². The quantitative estimate of drug-likeness (QED) is 0.453. The number of anilines is 2. The number of ether oxygens (including phenoxy) is 1. The first-order valence-corrected chi connectivity index (χ1v) is 8.19. The van der Waals surface area contributed by atoms with E-state index >= 15 is 0 Å². The largest absolute Gasteiger partial charge is 0.370 e. The molecule has 152 valence electrons. The number of hydrogen-bond donors (Lipinski definition) is 4. The third-order valence-corrected chi connectivity index (χ3v) is 3.67. The number of benzene rings is 1. The van der Waals surface area contributed by atoms with Crippen LogP contribution >= 0.6 is 0 Å². The van der Waals surface area contributed by atoms with Gasteiger partial charge in [0.25, 0.3) is 18.2 Å². The highest BCUT2D eigenvalue weighted by molar-refractivity contribution is 6.11. The lowest BCUT2D eigenvalue weighted by molar-refractivity contribution is -0.128. The number of amides is 5. The van der Waals surface area contributed by atoms with E-state index in [9.17, 15) is 28.0 Å². The summed E-state index contributed by atoms with van der Waals surface area (Å²) in [7, 11) is 0. The van der Waals surface area contributed by atoms with E-state index in [1.807, 2.05) is 5.32 Å². The Labute approximate surface area is 158 Å². The summed E-state index contributed by atoms with van der Waals surface area (Å²) in [6, 6.07) is 3.25. The predicted octanol–water partition coefficient (Wildman–Crippen LogP) is -0.594. The van der Waals surface area contributed by atoms with Gasteiger partial charge < -0.3 is 31.3 Å². The number of morpholine rings is 1. The number of carbonyl (C=O) groups is 4. The lowest BCUT2D eigenvalue weighted by atomic mass is 10.2. The Hall–Kier alpha value is -3.28. The van der Waals surface area contributed by atoms with Gasteiger partial charge in [-0.1, -0.05) is 0 Å². The normalized spacial score (nSPS) is 15.1. The summed E-state index contributed by atoms with van der Waals surface area (Å²) in [5.74, 6) is -2.31. The fourth-order valence-electron chi connectivity index (χ4n) is 2.35. The Bertz CT molecular complexity index is 743. The summed E-state index contributed by atoms with van der Waals surface area (Å²) in [4.78, 5) is 48.4. The molecule has 0 radical (unpaired) electrons. The molecule has 2 rings (SSSR count). The fraction of sp³-hybridized carbons (Fsp3) is 0.375. The molecule has 1 aliphatic heterocycles.